The fraction of sp³-hybridized carbons (Fsp3) is 0.200. The molecule has 0 fully saturated rings. The van der Waals surface area contributed by atoms with Crippen LogP contribution in [0.5, 0.6) is 5.75 Å². The maximum atomic E-state index is 12.7. The van der Waals surface area contributed by atoms with Gasteiger partial charge in [0.1, 0.15) is 11.6 Å². The number of nitrogens with zero attached hydrogens (tertiary/aromatic N) is 4. The Hall–Kier alpha value is -3.48. The monoisotopic (exact) mass is 362 g/mol. The van der Waals surface area contributed by atoms with E-state index in [2.05, 4.69) is 9.97 Å². The number of methoxy groups -OCH3 is 1. The van der Waals surface area contributed by atoms with Crippen LogP contribution in [0.1, 0.15) is 23.1 Å². The van der Waals surface area contributed by atoms with Gasteiger partial charge in [0.2, 0.25) is 5.78 Å². The minimum absolute atomic E-state index is 0.0229. The summed E-state index contributed by atoms with van der Waals surface area (Å²) in [7, 11) is 1.57. The van der Waals surface area contributed by atoms with E-state index in [-0.39, 0.29) is 12.2 Å². The van der Waals surface area contributed by atoms with E-state index in [9.17, 15) is 9.59 Å². The van der Waals surface area contributed by atoms with E-state index in [0.717, 1.165) is 5.52 Å². The highest BCUT2D eigenvalue weighted by Crippen LogP contribution is 2.17. The van der Waals surface area contributed by atoms with Gasteiger partial charge in [-0.15, -0.1) is 0 Å². The Balaban J connectivity index is 1.80. The molecule has 2 aromatic heterocycles. The van der Waals surface area contributed by atoms with Gasteiger partial charge in [0.15, 0.2) is 5.78 Å². The molecule has 0 bridgehead atoms. The van der Waals surface area contributed by atoms with Gasteiger partial charge in [-0.25, -0.2) is 14.2 Å². The van der Waals surface area contributed by atoms with Crippen molar-refractivity contribution < 1.29 is 9.53 Å². The van der Waals surface area contributed by atoms with Crippen LogP contribution in [0, 0.1) is 0 Å². The highest BCUT2D eigenvalue weighted by molar-refractivity contribution is 5.97. The van der Waals surface area contributed by atoms with Crippen molar-refractivity contribution in [2.45, 2.75) is 19.9 Å². The smallest absolute Gasteiger partial charge is 0.356 e. The second-order valence-corrected chi connectivity index (χ2v) is 6.12. The Labute approximate surface area is 154 Å². The fourth-order valence-corrected chi connectivity index (χ4v) is 3.20. The predicted octanol–water partition coefficient (Wildman–Crippen LogP) is 2.50. The predicted molar refractivity (Wildman–Crippen MR) is 101 cm³/mol. The van der Waals surface area contributed by atoms with Crippen LogP contribution in [0.3, 0.4) is 0 Å². The number of Topliss-reactive ketones (excluding diaryl/α,β-unsaturated/α-hetero) is 1. The lowest BCUT2D eigenvalue weighted by Crippen LogP contribution is -2.26. The minimum atomic E-state index is -0.430. The summed E-state index contributed by atoms with van der Waals surface area (Å²) >= 11 is 0. The molecule has 0 amide bonds. The van der Waals surface area contributed by atoms with Gasteiger partial charge in [-0.05, 0) is 43.3 Å². The quantitative estimate of drug-likeness (QED) is 0.510. The molecule has 0 saturated heterocycles. The minimum Gasteiger partial charge on any atom is -0.497 e. The summed E-state index contributed by atoms with van der Waals surface area (Å²) in [6.07, 6.45) is 0.0229. The summed E-state index contributed by atoms with van der Waals surface area (Å²) in [6.45, 7) is 2.48. The maximum Gasteiger partial charge on any atom is 0.356 e. The third kappa shape index (κ3) is 2.87. The second-order valence-electron chi connectivity index (χ2n) is 6.12. The van der Waals surface area contributed by atoms with Crippen LogP contribution in [-0.4, -0.2) is 31.8 Å². The molecule has 4 aromatic rings. The van der Waals surface area contributed by atoms with E-state index in [1.54, 1.807) is 31.4 Å². The van der Waals surface area contributed by atoms with E-state index in [1.807, 2.05) is 35.8 Å². The van der Waals surface area contributed by atoms with Gasteiger partial charge < -0.3 is 4.74 Å². The molecule has 7 nitrogen and oxygen atoms in total. The number of carbonyl (C=O) groups excluding carboxylic acids is 1. The molecular formula is C20H18N4O3. The molecule has 7 heteroatoms. The Morgan fingerprint density at radius 1 is 1.07 bits per heavy atom. The van der Waals surface area contributed by atoms with E-state index >= 15 is 0 Å². The second kappa shape index (κ2) is 6.68. The molecule has 0 atom stereocenters. The number of imidazole rings is 1. The molecule has 0 saturated carbocycles. The molecule has 4 rings (SSSR count). The number of aromatic nitrogens is 4. The molecule has 0 radical (unpaired) electrons. The van der Waals surface area contributed by atoms with Crippen molar-refractivity contribution in [2.75, 3.05) is 7.11 Å². The largest absolute Gasteiger partial charge is 0.497 e. The average Bonchev–Trinajstić information content (AvgIpc) is 3.08. The van der Waals surface area contributed by atoms with E-state index in [4.69, 9.17) is 4.74 Å². The summed E-state index contributed by atoms with van der Waals surface area (Å²) in [4.78, 5) is 34.0. The van der Waals surface area contributed by atoms with Crippen molar-refractivity contribution in [3.63, 3.8) is 0 Å². The number of benzene rings is 2. The first kappa shape index (κ1) is 17.0. The molecular weight excluding hydrogens is 344 g/mol. The average molecular weight is 362 g/mol. The highest BCUT2D eigenvalue weighted by Gasteiger charge is 2.17. The van der Waals surface area contributed by atoms with Crippen molar-refractivity contribution in [1.29, 1.82) is 0 Å². The van der Waals surface area contributed by atoms with Gasteiger partial charge in [0.05, 0.1) is 24.6 Å². The van der Waals surface area contributed by atoms with Crippen molar-refractivity contribution >= 4 is 22.6 Å². The van der Waals surface area contributed by atoms with Gasteiger partial charge in [-0.1, -0.05) is 12.1 Å². The zero-order valence-electron chi connectivity index (χ0n) is 15.0. The topological polar surface area (TPSA) is 78.5 Å². The van der Waals surface area contributed by atoms with Crippen molar-refractivity contribution in [1.82, 2.24) is 18.9 Å². The SMILES string of the molecule is CCn1c(CC(=O)c2ccc(OC)cc2)nc(=O)n2c3ccccc3nc12. The molecule has 0 N–H and O–H groups in total. The molecule has 2 heterocycles. The van der Waals surface area contributed by atoms with Gasteiger partial charge in [0, 0.05) is 12.1 Å². The summed E-state index contributed by atoms with van der Waals surface area (Å²) in [6, 6.07) is 14.3. The molecule has 136 valence electrons. The number of carbonyl (C=O) groups is 1. The van der Waals surface area contributed by atoms with Gasteiger partial charge in [0.25, 0.3) is 0 Å². The van der Waals surface area contributed by atoms with Gasteiger partial charge in [-0.2, -0.15) is 4.98 Å². The Morgan fingerprint density at radius 2 is 1.81 bits per heavy atom. The Bertz CT molecular complexity index is 1210. The van der Waals surface area contributed by atoms with Crippen LogP contribution in [0.15, 0.2) is 53.3 Å². The van der Waals surface area contributed by atoms with Crippen molar-refractivity contribution in [3.05, 3.63) is 70.4 Å². The summed E-state index contributed by atoms with van der Waals surface area (Å²) in [5, 5.41) is 0. The Morgan fingerprint density at radius 3 is 2.52 bits per heavy atom. The number of hydrogen-bond acceptors (Lipinski definition) is 5. The number of para-hydroxylation sites is 2. The summed E-state index contributed by atoms with van der Waals surface area (Å²) in [5.41, 5.74) is 1.54. The number of ether oxygens (including phenoxy) is 1. The first-order chi connectivity index (χ1) is 13.1. The van der Waals surface area contributed by atoms with Crippen LogP contribution in [-0.2, 0) is 13.0 Å². The molecule has 0 spiro atoms. The third-order valence-electron chi connectivity index (χ3n) is 4.56. The number of rotatable bonds is 5. The maximum absolute atomic E-state index is 12.7. The van der Waals surface area contributed by atoms with Gasteiger partial charge in [-0.3, -0.25) is 9.36 Å². The standard InChI is InChI=1S/C20H18N4O3/c1-3-23-18(12-17(25)13-8-10-14(27-2)11-9-13)22-20(26)24-16-7-5-4-6-15(16)21-19(23)24/h4-11H,3,12H2,1-2H3. The van der Waals surface area contributed by atoms with Crippen molar-refractivity contribution in [3.8, 4) is 5.75 Å². The molecule has 0 aliphatic heterocycles. The number of hydrogen-bond donors (Lipinski definition) is 0. The lowest BCUT2D eigenvalue weighted by Gasteiger charge is -2.11. The van der Waals surface area contributed by atoms with E-state index < -0.39 is 5.69 Å². The third-order valence-corrected chi connectivity index (χ3v) is 4.56. The summed E-state index contributed by atoms with van der Waals surface area (Å²) in [5.74, 6) is 1.47. The van der Waals surface area contributed by atoms with Gasteiger partial charge >= 0.3 is 5.69 Å². The fourth-order valence-electron chi connectivity index (χ4n) is 3.20. The lowest BCUT2D eigenvalue weighted by atomic mass is 10.1. The number of aryl methyl sites for hydroxylation is 1. The van der Waals surface area contributed by atoms with Crippen molar-refractivity contribution in [2.24, 2.45) is 0 Å². The van der Waals surface area contributed by atoms with Crippen LogP contribution in [0.2, 0.25) is 0 Å². The summed E-state index contributed by atoms with van der Waals surface area (Å²) < 4.78 is 8.41. The highest BCUT2D eigenvalue weighted by atomic mass is 16.5. The van der Waals surface area contributed by atoms with E-state index in [0.29, 0.717) is 35.0 Å². The molecule has 27 heavy (non-hydrogen) atoms. The zero-order chi connectivity index (χ0) is 19.0. The molecule has 0 aliphatic carbocycles. The number of ketones is 1. The zero-order valence-corrected chi connectivity index (χ0v) is 15.0. The van der Waals surface area contributed by atoms with Crippen LogP contribution in [0.4, 0.5) is 0 Å². The lowest BCUT2D eigenvalue weighted by molar-refractivity contribution is 0.0989. The molecule has 0 aliphatic rings. The molecule has 2 aromatic carbocycles. The normalized spacial score (nSPS) is 11.2. The van der Waals surface area contributed by atoms with Crippen LogP contribution in [0.25, 0.3) is 16.8 Å². The number of fused-ring (bicyclic) bond motifs is 3. The van der Waals surface area contributed by atoms with Crippen LogP contribution < -0.4 is 10.4 Å². The van der Waals surface area contributed by atoms with Crippen LogP contribution >= 0.6 is 0 Å². The first-order valence-corrected chi connectivity index (χ1v) is 8.66. The van der Waals surface area contributed by atoms with E-state index in [1.165, 1.54) is 4.40 Å². The first-order valence-electron chi connectivity index (χ1n) is 8.66. The molecule has 0 unspecified atom stereocenters. The Kier molecular flexibility index (Phi) is 4.19.